The van der Waals surface area contributed by atoms with Gasteiger partial charge in [-0.15, -0.1) is 10.2 Å². The van der Waals surface area contributed by atoms with Crippen LogP contribution in [0.25, 0.3) is 0 Å². The monoisotopic (exact) mass is 502 g/mol. The summed E-state index contributed by atoms with van der Waals surface area (Å²) in [6, 6.07) is 7.44. The van der Waals surface area contributed by atoms with E-state index in [-0.39, 0.29) is 23.7 Å². The second kappa shape index (κ2) is 10.1. The summed E-state index contributed by atoms with van der Waals surface area (Å²) in [6.07, 6.45) is 15.8. The fourth-order valence-corrected chi connectivity index (χ4v) is 5.61. The van der Waals surface area contributed by atoms with Gasteiger partial charge < -0.3 is 25.0 Å². The molecule has 0 bridgehead atoms. The highest BCUT2D eigenvalue weighted by Crippen LogP contribution is 2.43. The summed E-state index contributed by atoms with van der Waals surface area (Å²) in [5.74, 6) is 2.40. The van der Waals surface area contributed by atoms with Gasteiger partial charge in [-0.1, -0.05) is 6.07 Å². The number of nitrogens with zero attached hydrogens (tertiary/aromatic N) is 5. The average molecular weight is 503 g/mol. The van der Waals surface area contributed by atoms with Gasteiger partial charge in [0.2, 0.25) is 0 Å². The maximum atomic E-state index is 12.5. The molecule has 6 rings (SSSR count). The third-order valence-corrected chi connectivity index (χ3v) is 8.05. The topological polar surface area (TPSA) is 104 Å². The lowest BCUT2D eigenvalue weighted by atomic mass is 9.82. The zero-order chi connectivity index (χ0) is 25.2. The van der Waals surface area contributed by atoms with Crippen molar-refractivity contribution in [3.63, 3.8) is 0 Å². The van der Waals surface area contributed by atoms with Crippen molar-refractivity contribution in [3.8, 4) is 0 Å². The Balaban J connectivity index is 1.01. The van der Waals surface area contributed by atoms with E-state index in [9.17, 15) is 9.90 Å². The minimum absolute atomic E-state index is 0.0770. The van der Waals surface area contributed by atoms with Gasteiger partial charge in [0.1, 0.15) is 11.4 Å². The molecule has 4 aliphatic rings. The molecule has 3 aliphatic heterocycles. The van der Waals surface area contributed by atoms with E-state index in [1.54, 1.807) is 30.6 Å². The fraction of sp³-hybridized carbons (Fsp3) is 0.500. The van der Waals surface area contributed by atoms with E-state index in [4.69, 9.17) is 4.74 Å². The smallest absolute Gasteiger partial charge is 0.271 e. The summed E-state index contributed by atoms with van der Waals surface area (Å²) in [5, 5.41) is 21.4. The molecule has 2 atom stereocenters. The Kier molecular flexibility index (Phi) is 6.54. The van der Waals surface area contributed by atoms with Crippen LogP contribution < -0.4 is 10.2 Å². The van der Waals surface area contributed by atoms with Crippen molar-refractivity contribution in [2.75, 3.05) is 31.1 Å². The molecule has 2 aromatic rings. The summed E-state index contributed by atoms with van der Waals surface area (Å²) in [4.78, 5) is 21.2. The van der Waals surface area contributed by atoms with Gasteiger partial charge in [-0.05, 0) is 68.2 Å². The molecule has 2 unspecified atom stereocenters. The molecule has 2 N–H and O–H groups in total. The van der Waals surface area contributed by atoms with E-state index in [2.05, 4.69) is 48.6 Å². The van der Waals surface area contributed by atoms with Crippen molar-refractivity contribution < 1.29 is 14.6 Å². The number of anilines is 1. The predicted molar refractivity (Wildman–Crippen MR) is 138 cm³/mol. The van der Waals surface area contributed by atoms with Crippen LogP contribution in [0.5, 0.6) is 0 Å². The number of rotatable bonds is 7. The van der Waals surface area contributed by atoms with Gasteiger partial charge in [0.25, 0.3) is 5.91 Å². The maximum absolute atomic E-state index is 12.5. The Morgan fingerprint density at radius 2 is 2.03 bits per heavy atom. The number of ether oxygens (including phenoxy) is 1. The van der Waals surface area contributed by atoms with E-state index < -0.39 is 6.10 Å². The molecule has 0 radical (unpaired) electrons. The Morgan fingerprint density at radius 1 is 1.16 bits per heavy atom. The SMILES string of the molecule is O=C(NCC(O)c1cccnc1)c1ccc(N2CCC3(CCC4C(=CC=CN4CC4CC4)O3)CC2)nn1. The normalized spacial score (nSPS) is 23.2. The number of hydrogen-bond donors (Lipinski definition) is 2. The van der Waals surface area contributed by atoms with Gasteiger partial charge in [0.15, 0.2) is 11.5 Å². The van der Waals surface area contributed by atoms with Crippen molar-refractivity contribution in [1.82, 2.24) is 25.4 Å². The van der Waals surface area contributed by atoms with Crippen LogP contribution >= 0.6 is 0 Å². The van der Waals surface area contributed by atoms with Gasteiger partial charge in [-0.3, -0.25) is 9.78 Å². The number of allylic oxidation sites excluding steroid dienone is 2. The summed E-state index contributed by atoms with van der Waals surface area (Å²) in [5.41, 5.74) is 0.777. The zero-order valence-corrected chi connectivity index (χ0v) is 21.0. The van der Waals surface area contributed by atoms with Crippen LogP contribution in [0.15, 0.2) is 60.8 Å². The quantitative estimate of drug-likeness (QED) is 0.596. The van der Waals surface area contributed by atoms with Crippen molar-refractivity contribution in [1.29, 1.82) is 0 Å². The first-order valence-electron chi connectivity index (χ1n) is 13.4. The number of piperidine rings is 1. The second-order valence-corrected chi connectivity index (χ2v) is 10.7. The van der Waals surface area contributed by atoms with Crippen molar-refractivity contribution in [3.05, 3.63) is 72.0 Å². The van der Waals surface area contributed by atoms with Crippen molar-refractivity contribution in [2.45, 2.75) is 56.3 Å². The molecule has 0 aromatic carbocycles. The molecule has 9 heteroatoms. The minimum Gasteiger partial charge on any atom is -0.489 e. The van der Waals surface area contributed by atoms with Gasteiger partial charge >= 0.3 is 0 Å². The van der Waals surface area contributed by atoms with Crippen LogP contribution in [0.1, 0.15) is 60.7 Å². The summed E-state index contributed by atoms with van der Waals surface area (Å²) >= 11 is 0. The summed E-state index contributed by atoms with van der Waals surface area (Å²) in [6.45, 7) is 2.92. The Hall–Kier alpha value is -3.46. The highest BCUT2D eigenvalue weighted by atomic mass is 16.5. The largest absolute Gasteiger partial charge is 0.489 e. The van der Waals surface area contributed by atoms with E-state index in [1.165, 1.54) is 12.8 Å². The number of aromatic nitrogens is 3. The fourth-order valence-electron chi connectivity index (χ4n) is 5.61. The minimum atomic E-state index is -0.829. The second-order valence-electron chi connectivity index (χ2n) is 10.7. The standard InChI is InChI=1S/C28H34N6O3/c35-24(21-3-1-13-29-17-21)18-30-27(36)22-7-8-26(32-31-22)33-15-11-28(12-16-33)10-9-23-25(37-28)4-2-14-34(23)19-20-5-6-20/h1-4,7-8,13-14,17,20,23-24,35H,5-6,9-12,15-16,18-19H2,(H,30,36). The molecule has 9 nitrogen and oxygen atoms in total. The zero-order valence-electron chi connectivity index (χ0n) is 21.0. The Bertz CT molecular complexity index is 1160. The third kappa shape index (κ3) is 5.32. The molecule has 3 fully saturated rings. The number of amides is 1. The molecule has 194 valence electrons. The number of aliphatic hydroxyl groups is 1. The Morgan fingerprint density at radius 3 is 2.76 bits per heavy atom. The first-order chi connectivity index (χ1) is 18.1. The lowest BCUT2D eigenvalue weighted by Crippen LogP contribution is -2.52. The molecular formula is C28H34N6O3. The average Bonchev–Trinajstić information content (AvgIpc) is 3.77. The van der Waals surface area contributed by atoms with Crippen LogP contribution in [0, 0.1) is 5.92 Å². The number of nitrogens with one attached hydrogen (secondary N) is 1. The number of aliphatic hydroxyl groups excluding tert-OH is 1. The molecule has 5 heterocycles. The van der Waals surface area contributed by atoms with Crippen LogP contribution in [0.2, 0.25) is 0 Å². The number of carbonyl (C=O) groups is 1. The highest BCUT2D eigenvalue weighted by molar-refractivity contribution is 5.92. The molecule has 1 spiro atoms. The molecular weight excluding hydrogens is 468 g/mol. The van der Waals surface area contributed by atoms with E-state index in [1.807, 2.05) is 6.07 Å². The number of pyridine rings is 1. The number of carbonyl (C=O) groups excluding carboxylic acids is 1. The highest BCUT2D eigenvalue weighted by Gasteiger charge is 2.44. The maximum Gasteiger partial charge on any atom is 0.271 e. The Labute approximate surface area is 217 Å². The predicted octanol–water partition coefficient (Wildman–Crippen LogP) is 2.98. The molecule has 2 saturated heterocycles. The molecule has 1 aliphatic carbocycles. The van der Waals surface area contributed by atoms with Gasteiger partial charge in [-0.2, -0.15) is 0 Å². The van der Waals surface area contributed by atoms with Gasteiger partial charge in [-0.25, -0.2) is 0 Å². The molecule has 1 amide bonds. The van der Waals surface area contributed by atoms with Crippen LogP contribution in [-0.4, -0.2) is 68.9 Å². The van der Waals surface area contributed by atoms with E-state index >= 15 is 0 Å². The van der Waals surface area contributed by atoms with E-state index in [0.29, 0.717) is 11.6 Å². The molecule has 2 aromatic heterocycles. The third-order valence-electron chi connectivity index (χ3n) is 8.05. The van der Waals surface area contributed by atoms with Crippen LogP contribution in [0.4, 0.5) is 5.82 Å². The van der Waals surface area contributed by atoms with Crippen LogP contribution in [0.3, 0.4) is 0 Å². The first-order valence-corrected chi connectivity index (χ1v) is 13.4. The number of fused-ring (bicyclic) bond motifs is 1. The van der Waals surface area contributed by atoms with E-state index in [0.717, 1.165) is 62.8 Å². The van der Waals surface area contributed by atoms with Gasteiger partial charge in [0, 0.05) is 57.0 Å². The summed E-state index contributed by atoms with van der Waals surface area (Å²) in [7, 11) is 0. The van der Waals surface area contributed by atoms with Gasteiger partial charge in [0.05, 0.1) is 12.1 Å². The van der Waals surface area contributed by atoms with Crippen molar-refractivity contribution >= 4 is 11.7 Å². The molecule has 37 heavy (non-hydrogen) atoms. The summed E-state index contributed by atoms with van der Waals surface area (Å²) < 4.78 is 6.69. The lowest BCUT2D eigenvalue weighted by molar-refractivity contribution is -0.0726. The number of hydrogen-bond acceptors (Lipinski definition) is 8. The molecule has 1 saturated carbocycles. The van der Waals surface area contributed by atoms with Crippen molar-refractivity contribution in [2.24, 2.45) is 5.92 Å². The lowest BCUT2D eigenvalue weighted by Gasteiger charge is -2.49. The van der Waals surface area contributed by atoms with Crippen LogP contribution in [-0.2, 0) is 4.74 Å². The first kappa shape index (κ1) is 23.9.